The Morgan fingerprint density at radius 2 is 1.64 bits per heavy atom. The van der Waals surface area contributed by atoms with Gasteiger partial charge in [-0.3, -0.25) is 9.52 Å². The molecule has 3 aromatic rings. The van der Waals surface area contributed by atoms with Crippen molar-refractivity contribution in [1.29, 1.82) is 0 Å². The van der Waals surface area contributed by atoms with E-state index < -0.39 is 51.6 Å². The summed E-state index contributed by atoms with van der Waals surface area (Å²) in [7, 11) is -4.08. The van der Waals surface area contributed by atoms with Gasteiger partial charge in [0, 0.05) is 5.69 Å². The van der Waals surface area contributed by atoms with Gasteiger partial charge < -0.3 is 14.8 Å². The summed E-state index contributed by atoms with van der Waals surface area (Å²) >= 11 is 0. The minimum Gasteiger partial charge on any atom is -0.494 e. The van der Waals surface area contributed by atoms with Gasteiger partial charge in [-0.2, -0.15) is 0 Å². The number of sulfonamides is 1. The van der Waals surface area contributed by atoms with Gasteiger partial charge in [0.05, 0.1) is 22.8 Å². The number of amides is 1. The molecule has 0 bridgehead atoms. The number of halogens is 3. The molecule has 2 N–H and O–H groups in total. The number of nitrogens with one attached hydrogen (secondary N) is 2. The average molecular weight is 523 g/mol. The van der Waals surface area contributed by atoms with Gasteiger partial charge in [0.15, 0.2) is 24.1 Å². The van der Waals surface area contributed by atoms with Crippen LogP contribution in [0.4, 0.5) is 24.5 Å². The molecule has 0 aliphatic heterocycles. The van der Waals surface area contributed by atoms with Crippen LogP contribution in [0.5, 0.6) is 5.75 Å². The summed E-state index contributed by atoms with van der Waals surface area (Å²) < 4.78 is 78.2. The van der Waals surface area contributed by atoms with Gasteiger partial charge in [-0.15, -0.1) is 0 Å². The smallest absolute Gasteiger partial charge is 0.338 e. The fourth-order valence-electron chi connectivity index (χ4n) is 3.01. The number of hydrogen-bond acceptors (Lipinski definition) is 6. The van der Waals surface area contributed by atoms with E-state index in [1.54, 1.807) is 12.1 Å². The lowest BCUT2D eigenvalue weighted by molar-refractivity contribution is -0.119. The molecule has 0 fully saturated rings. The van der Waals surface area contributed by atoms with Gasteiger partial charge in [-0.25, -0.2) is 26.4 Å². The molecule has 0 aromatic heterocycles. The third kappa shape index (κ3) is 6.33. The average Bonchev–Trinajstić information content (AvgIpc) is 2.84. The first kappa shape index (κ1) is 26.5. The third-order valence-corrected chi connectivity index (χ3v) is 6.18. The zero-order chi connectivity index (χ0) is 26.5. The second kappa shape index (κ2) is 11.1. The van der Waals surface area contributed by atoms with Gasteiger partial charge in [0.1, 0.15) is 5.75 Å². The Balaban J connectivity index is 1.69. The number of rotatable bonds is 9. The van der Waals surface area contributed by atoms with Crippen molar-refractivity contribution < 1.29 is 40.7 Å². The number of carbonyl (C=O) groups is 2. The lowest BCUT2D eigenvalue weighted by atomic mass is 10.1. The minimum absolute atomic E-state index is 0.128. The molecule has 0 heterocycles. The van der Waals surface area contributed by atoms with Crippen LogP contribution in [0.15, 0.2) is 59.5 Å². The third-order valence-electron chi connectivity index (χ3n) is 4.80. The number of anilines is 2. The number of carbonyl (C=O) groups excluding carboxylic acids is 2. The maximum atomic E-state index is 13.7. The normalized spacial score (nSPS) is 11.0. The van der Waals surface area contributed by atoms with Crippen molar-refractivity contribution in [2.24, 2.45) is 0 Å². The summed E-state index contributed by atoms with van der Waals surface area (Å²) in [4.78, 5) is 24.3. The Labute approximate surface area is 205 Å². The maximum Gasteiger partial charge on any atom is 0.338 e. The Bertz CT molecular complexity index is 1400. The Morgan fingerprint density at radius 1 is 0.944 bits per heavy atom. The summed E-state index contributed by atoms with van der Waals surface area (Å²) in [6.07, 6.45) is 0. The first-order chi connectivity index (χ1) is 17.0. The van der Waals surface area contributed by atoms with Crippen molar-refractivity contribution in [3.63, 3.8) is 0 Å². The molecule has 0 aliphatic rings. The quantitative estimate of drug-likeness (QED) is 0.318. The molecule has 0 spiro atoms. The van der Waals surface area contributed by atoms with E-state index in [-0.39, 0.29) is 16.1 Å². The molecule has 0 unspecified atom stereocenters. The Kier molecular flexibility index (Phi) is 8.20. The van der Waals surface area contributed by atoms with E-state index in [4.69, 9.17) is 9.47 Å². The fraction of sp³-hybridized carbons (Fsp3) is 0.167. The van der Waals surface area contributed by atoms with Crippen molar-refractivity contribution in [2.45, 2.75) is 18.7 Å². The first-order valence-electron chi connectivity index (χ1n) is 10.5. The molecule has 0 radical (unpaired) electrons. The maximum absolute atomic E-state index is 13.7. The zero-order valence-electron chi connectivity index (χ0n) is 19.1. The molecule has 3 aromatic carbocycles. The van der Waals surface area contributed by atoms with E-state index in [1.807, 2.05) is 12.2 Å². The highest BCUT2D eigenvalue weighted by molar-refractivity contribution is 7.92. The molecule has 1 amide bonds. The molecule has 3 rings (SSSR count). The fourth-order valence-corrected chi connectivity index (χ4v) is 4.09. The lowest BCUT2D eigenvalue weighted by Gasteiger charge is -2.12. The predicted molar refractivity (Wildman–Crippen MR) is 125 cm³/mol. The van der Waals surface area contributed by atoms with Crippen LogP contribution in [0.2, 0.25) is 0 Å². The van der Waals surface area contributed by atoms with Crippen LogP contribution < -0.4 is 14.8 Å². The van der Waals surface area contributed by atoms with E-state index in [0.29, 0.717) is 24.0 Å². The van der Waals surface area contributed by atoms with Gasteiger partial charge >= 0.3 is 5.97 Å². The number of esters is 1. The number of benzene rings is 3. The summed E-state index contributed by atoms with van der Waals surface area (Å²) in [5.41, 5.74) is -0.132. The summed E-state index contributed by atoms with van der Waals surface area (Å²) in [6, 6.07) is 11.4. The van der Waals surface area contributed by atoms with Gasteiger partial charge in [0.25, 0.3) is 15.9 Å². The van der Waals surface area contributed by atoms with Crippen molar-refractivity contribution in [3.05, 3.63) is 83.2 Å². The van der Waals surface area contributed by atoms with Crippen molar-refractivity contribution in [3.8, 4) is 5.75 Å². The molecule has 190 valence electrons. The van der Waals surface area contributed by atoms with Crippen molar-refractivity contribution in [1.82, 2.24) is 0 Å². The zero-order valence-corrected chi connectivity index (χ0v) is 19.9. The number of aryl methyl sites for hydroxylation is 1. The van der Waals surface area contributed by atoms with Crippen LogP contribution in [0.3, 0.4) is 0 Å². The molecular formula is C24H21F3N2O6S. The van der Waals surface area contributed by atoms with E-state index in [0.717, 1.165) is 12.1 Å². The number of hydrogen-bond donors (Lipinski definition) is 2. The van der Waals surface area contributed by atoms with E-state index in [1.165, 1.54) is 31.2 Å². The molecule has 8 nitrogen and oxygen atoms in total. The van der Waals surface area contributed by atoms with Crippen LogP contribution in [-0.2, 0) is 19.6 Å². The molecular weight excluding hydrogens is 501 g/mol. The summed E-state index contributed by atoms with van der Waals surface area (Å²) in [6.45, 7) is 2.91. The SMILES string of the molecule is CCOc1ccc(NS(=O)(=O)c2ccc(C)c(C(=O)OCC(=O)Nc3ccc(F)c(F)c3F)c2)cc1. The molecule has 0 saturated heterocycles. The summed E-state index contributed by atoms with van der Waals surface area (Å²) in [5, 5.41) is 1.96. The molecule has 0 aliphatic carbocycles. The van der Waals surface area contributed by atoms with Crippen molar-refractivity contribution in [2.75, 3.05) is 23.3 Å². The standard InChI is InChI=1S/C24H21F3N2O6S/c1-3-34-16-7-5-15(6-8-16)29-36(32,33)17-9-4-14(2)18(12-17)24(31)35-13-21(30)28-20-11-10-19(25)22(26)23(20)27/h4-12,29H,3,13H2,1-2H3,(H,28,30). The van der Waals surface area contributed by atoms with Crippen LogP contribution >= 0.6 is 0 Å². The van der Waals surface area contributed by atoms with E-state index in [2.05, 4.69) is 4.72 Å². The second-order valence-corrected chi connectivity index (χ2v) is 9.07. The topological polar surface area (TPSA) is 111 Å². The first-order valence-corrected chi connectivity index (χ1v) is 12.0. The molecule has 0 atom stereocenters. The largest absolute Gasteiger partial charge is 0.494 e. The van der Waals surface area contributed by atoms with Crippen LogP contribution in [0.1, 0.15) is 22.8 Å². The second-order valence-electron chi connectivity index (χ2n) is 7.39. The van der Waals surface area contributed by atoms with Gasteiger partial charge in [-0.05, 0) is 67.9 Å². The predicted octanol–water partition coefficient (Wildman–Crippen LogP) is 4.41. The summed E-state index contributed by atoms with van der Waals surface area (Å²) in [5.74, 6) is -6.28. The monoisotopic (exact) mass is 522 g/mol. The lowest BCUT2D eigenvalue weighted by Crippen LogP contribution is -2.22. The van der Waals surface area contributed by atoms with Crippen LogP contribution in [-0.4, -0.2) is 33.5 Å². The van der Waals surface area contributed by atoms with Gasteiger partial charge in [-0.1, -0.05) is 6.07 Å². The van der Waals surface area contributed by atoms with E-state index >= 15 is 0 Å². The highest BCUT2D eigenvalue weighted by atomic mass is 32.2. The van der Waals surface area contributed by atoms with Gasteiger partial charge in [0.2, 0.25) is 0 Å². The highest BCUT2D eigenvalue weighted by Crippen LogP contribution is 2.22. The highest BCUT2D eigenvalue weighted by Gasteiger charge is 2.21. The minimum atomic E-state index is -4.08. The Hall–Kier alpha value is -4.06. The molecule has 0 saturated carbocycles. The van der Waals surface area contributed by atoms with Crippen LogP contribution in [0, 0.1) is 24.4 Å². The number of ether oxygens (including phenoxy) is 2. The Morgan fingerprint density at radius 3 is 2.31 bits per heavy atom. The molecule has 36 heavy (non-hydrogen) atoms. The van der Waals surface area contributed by atoms with Crippen LogP contribution in [0.25, 0.3) is 0 Å². The van der Waals surface area contributed by atoms with E-state index in [9.17, 15) is 31.2 Å². The van der Waals surface area contributed by atoms with Crippen molar-refractivity contribution >= 4 is 33.3 Å². The molecule has 12 heteroatoms.